The molecule has 7 heteroatoms. The van der Waals surface area contributed by atoms with Crippen molar-refractivity contribution >= 4 is 34.8 Å². The van der Waals surface area contributed by atoms with Gasteiger partial charge in [0.25, 0.3) is 17.5 Å². The summed E-state index contributed by atoms with van der Waals surface area (Å²) >= 11 is 1.24. The molecule has 0 saturated heterocycles. The smallest absolute Gasteiger partial charge is 0.269 e. The van der Waals surface area contributed by atoms with Crippen molar-refractivity contribution in [1.29, 1.82) is 0 Å². The van der Waals surface area contributed by atoms with Gasteiger partial charge in [-0.15, -0.1) is 0 Å². The van der Waals surface area contributed by atoms with Crippen molar-refractivity contribution in [2.75, 3.05) is 6.54 Å². The number of carbonyl (C=O) groups is 2. The summed E-state index contributed by atoms with van der Waals surface area (Å²) in [6.07, 6.45) is 0.661. The van der Waals surface area contributed by atoms with Crippen LogP contribution in [0.1, 0.15) is 18.9 Å². The van der Waals surface area contributed by atoms with E-state index in [9.17, 15) is 19.7 Å². The van der Waals surface area contributed by atoms with E-state index in [2.05, 4.69) is 0 Å². The molecule has 0 atom stereocenters. The minimum absolute atomic E-state index is 0.0613. The molecule has 1 heterocycles. The Bertz CT molecular complexity index is 892. The number of amides is 2. The van der Waals surface area contributed by atoms with Gasteiger partial charge in [0.2, 0.25) is 0 Å². The SMILES string of the molecule is CCCN1C(=O)C(Sc2ccccc2)=C(c2ccc([N+](=O)[O-])cc2)C1=O. The highest BCUT2D eigenvalue weighted by Gasteiger charge is 2.38. The van der Waals surface area contributed by atoms with Crippen molar-refractivity contribution in [1.82, 2.24) is 4.90 Å². The number of nitro groups is 1. The molecule has 3 rings (SSSR count). The van der Waals surface area contributed by atoms with Crippen LogP contribution in [0, 0.1) is 10.1 Å². The highest BCUT2D eigenvalue weighted by atomic mass is 32.2. The zero-order valence-electron chi connectivity index (χ0n) is 14.0. The van der Waals surface area contributed by atoms with Crippen LogP contribution in [-0.4, -0.2) is 28.2 Å². The first-order valence-corrected chi connectivity index (χ1v) is 8.92. The highest BCUT2D eigenvalue weighted by molar-refractivity contribution is 8.04. The zero-order chi connectivity index (χ0) is 18.7. The molecule has 6 nitrogen and oxygen atoms in total. The van der Waals surface area contributed by atoms with Gasteiger partial charge in [-0.3, -0.25) is 24.6 Å². The van der Waals surface area contributed by atoms with Crippen LogP contribution in [0.25, 0.3) is 5.57 Å². The maximum Gasteiger partial charge on any atom is 0.269 e. The van der Waals surface area contributed by atoms with Gasteiger partial charge < -0.3 is 0 Å². The molecule has 0 unspecified atom stereocenters. The van der Waals surface area contributed by atoms with Gasteiger partial charge in [0, 0.05) is 23.6 Å². The predicted molar refractivity (Wildman–Crippen MR) is 99.3 cm³/mol. The summed E-state index contributed by atoms with van der Waals surface area (Å²) in [7, 11) is 0. The normalized spacial score (nSPS) is 14.3. The van der Waals surface area contributed by atoms with E-state index in [1.807, 2.05) is 37.3 Å². The first kappa shape index (κ1) is 17.9. The lowest BCUT2D eigenvalue weighted by Crippen LogP contribution is -2.32. The second-order valence-corrected chi connectivity index (χ2v) is 6.77. The number of hydrogen-bond acceptors (Lipinski definition) is 5. The van der Waals surface area contributed by atoms with Gasteiger partial charge in [-0.05, 0) is 36.2 Å². The molecular formula is C19H16N2O4S. The average molecular weight is 368 g/mol. The number of thioether (sulfide) groups is 1. The van der Waals surface area contributed by atoms with E-state index >= 15 is 0 Å². The van der Waals surface area contributed by atoms with Crippen LogP contribution in [0.5, 0.6) is 0 Å². The fourth-order valence-corrected chi connectivity index (χ4v) is 3.72. The second-order valence-electron chi connectivity index (χ2n) is 5.69. The van der Waals surface area contributed by atoms with Crippen molar-refractivity contribution in [2.24, 2.45) is 0 Å². The van der Waals surface area contributed by atoms with Crippen LogP contribution in [-0.2, 0) is 9.59 Å². The standard InChI is InChI=1S/C19H16N2O4S/c1-2-12-20-18(22)16(13-8-10-14(11-9-13)21(24)25)17(19(20)23)26-15-6-4-3-5-7-15/h3-11H,2,12H2,1H3. The van der Waals surface area contributed by atoms with E-state index in [1.165, 1.54) is 40.9 Å². The summed E-state index contributed by atoms with van der Waals surface area (Å²) in [5.41, 5.74) is 0.743. The van der Waals surface area contributed by atoms with Crippen molar-refractivity contribution in [2.45, 2.75) is 18.2 Å². The van der Waals surface area contributed by atoms with E-state index in [0.717, 1.165) is 4.90 Å². The number of benzene rings is 2. The second kappa shape index (κ2) is 7.53. The number of hydrogen-bond donors (Lipinski definition) is 0. The first-order chi connectivity index (χ1) is 12.5. The van der Waals surface area contributed by atoms with Crippen LogP contribution < -0.4 is 0 Å². The molecule has 26 heavy (non-hydrogen) atoms. The molecule has 2 aromatic rings. The summed E-state index contributed by atoms with van der Waals surface area (Å²) in [6, 6.07) is 15.0. The molecular weight excluding hydrogens is 352 g/mol. The fourth-order valence-electron chi connectivity index (χ4n) is 2.69. The van der Waals surface area contributed by atoms with Crippen LogP contribution in [0.4, 0.5) is 5.69 Å². The minimum atomic E-state index is -0.497. The summed E-state index contributed by atoms with van der Waals surface area (Å²) in [5.74, 6) is -0.678. The number of non-ortho nitro benzene ring substituents is 1. The highest BCUT2D eigenvalue weighted by Crippen LogP contribution is 2.39. The molecule has 0 aromatic heterocycles. The lowest BCUT2D eigenvalue weighted by molar-refractivity contribution is -0.384. The van der Waals surface area contributed by atoms with Crippen LogP contribution >= 0.6 is 11.8 Å². The molecule has 0 radical (unpaired) electrons. The molecule has 0 aliphatic carbocycles. The number of nitro benzene ring substituents is 1. The fraction of sp³-hybridized carbons (Fsp3) is 0.158. The number of rotatable bonds is 6. The number of imide groups is 1. The van der Waals surface area contributed by atoms with Gasteiger partial charge in [0.15, 0.2) is 0 Å². The number of nitrogens with zero attached hydrogens (tertiary/aromatic N) is 2. The molecule has 1 aliphatic rings. The van der Waals surface area contributed by atoms with Gasteiger partial charge in [-0.25, -0.2) is 0 Å². The summed E-state index contributed by atoms with van der Waals surface area (Å²) in [4.78, 5) is 38.4. The van der Waals surface area contributed by atoms with Gasteiger partial charge in [0.05, 0.1) is 15.4 Å². The summed E-state index contributed by atoms with van der Waals surface area (Å²) in [5, 5.41) is 10.9. The maximum atomic E-state index is 12.8. The van der Waals surface area contributed by atoms with Crippen molar-refractivity contribution in [3.8, 4) is 0 Å². The van der Waals surface area contributed by atoms with E-state index in [-0.39, 0.29) is 17.5 Å². The Morgan fingerprint density at radius 1 is 1.00 bits per heavy atom. The molecule has 0 saturated carbocycles. The Kier molecular flexibility index (Phi) is 5.18. The Morgan fingerprint density at radius 2 is 1.65 bits per heavy atom. The minimum Gasteiger partial charge on any atom is -0.274 e. The molecule has 2 aromatic carbocycles. The van der Waals surface area contributed by atoms with Gasteiger partial charge in [0.1, 0.15) is 0 Å². The quantitative estimate of drug-likeness (QED) is 0.439. The predicted octanol–water partition coefficient (Wildman–Crippen LogP) is 3.88. The van der Waals surface area contributed by atoms with Gasteiger partial charge in [-0.1, -0.05) is 36.9 Å². The topological polar surface area (TPSA) is 80.5 Å². The lowest BCUT2D eigenvalue weighted by Gasteiger charge is -2.13. The third-order valence-corrected chi connectivity index (χ3v) is 4.99. The van der Waals surface area contributed by atoms with Crippen LogP contribution in [0.15, 0.2) is 64.4 Å². The van der Waals surface area contributed by atoms with Crippen molar-refractivity contribution in [3.05, 3.63) is 75.2 Å². The molecule has 2 amide bonds. The van der Waals surface area contributed by atoms with Crippen LogP contribution in [0.3, 0.4) is 0 Å². The molecule has 1 aliphatic heterocycles. The lowest BCUT2D eigenvalue weighted by atomic mass is 10.1. The van der Waals surface area contributed by atoms with E-state index < -0.39 is 4.92 Å². The molecule has 0 N–H and O–H groups in total. The van der Waals surface area contributed by atoms with Crippen molar-refractivity contribution in [3.63, 3.8) is 0 Å². The van der Waals surface area contributed by atoms with E-state index in [1.54, 1.807) is 0 Å². The van der Waals surface area contributed by atoms with Gasteiger partial charge in [-0.2, -0.15) is 0 Å². The monoisotopic (exact) mass is 368 g/mol. The third-order valence-electron chi connectivity index (χ3n) is 3.90. The van der Waals surface area contributed by atoms with Crippen LogP contribution in [0.2, 0.25) is 0 Å². The first-order valence-electron chi connectivity index (χ1n) is 8.11. The Morgan fingerprint density at radius 3 is 2.23 bits per heavy atom. The number of carbonyl (C=O) groups excluding carboxylic acids is 2. The Balaban J connectivity index is 2.05. The zero-order valence-corrected chi connectivity index (χ0v) is 14.9. The summed E-state index contributed by atoms with van der Waals surface area (Å²) < 4.78 is 0. The molecule has 132 valence electrons. The Hall–Kier alpha value is -2.93. The van der Waals surface area contributed by atoms with Gasteiger partial charge >= 0.3 is 0 Å². The summed E-state index contributed by atoms with van der Waals surface area (Å²) in [6.45, 7) is 2.24. The largest absolute Gasteiger partial charge is 0.274 e. The Labute approximate surface area is 154 Å². The molecule has 0 spiro atoms. The molecule has 0 bridgehead atoms. The third kappa shape index (κ3) is 3.39. The van der Waals surface area contributed by atoms with E-state index in [4.69, 9.17) is 0 Å². The molecule has 0 fully saturated rings. The maximum absolute atomic E-state index is 12.8. The average Bonchev–Trinajstić information content (AvgIpc) is 2.87. The van der Waals surface area contributed by atoms with E-state index in [0.29, 0.717) is 29.0 Å². The van der Waals surface area contributed by atoms with Crippen molar-refractivity contribution < 1.29 is 14.5 Å².